The molecule has 1 aliphatic rings. The van der Waals surface area contributed by atoms with Crippen LogP contribution in [0.15, 0.2) is 18.3 Å². The summed E-state index contributed by atoms with van der Waals surface area (Å²) in [7, 11) is 1.66. The van der Waals surface area contributed by atoms with Gasteiger partial charge in [-0.25, -0.2) is 0 Å². The van der Waals surface area contributed by atoms with E-state index < -0.39 is 0 Å². The molecular weight excluding hydrogens is 248 g/mol. The number of aromatic nitrogens is 1. The monoisotopic (exact) mass is 264 g/mol. The van der Waals surface area contributed by atoms with Gasteiger partial charge in [-0.15, -0.1) is 0 Å². The minimum atomic E-state index is 0.630. The molecule has 1 aromatic heterocycles. The predicted molar refractivity (Wildman–Crippen MR) is 74.7 cm³/mol. The number of piperidine rings is 1. The highest BCUT2D eigenvalue weighted by molar-refractivity contribution is 6.32. The highest BCUT2D eigenvalue weighted by Gasteiger charge is 2.19. The number of aromatic amines is 1. The second-order valence-corrected chi connectivity index (χ2v) is 5.21. The third kappa shape index (κ3) is 1.98. The summed E-state index contributed by atoms with van der Waals surface area (Å²) in [6, 6.07) is 3.99. The fraction of sp³-hybridized carbons (Fsp3) is 0.429. The van der Waals surface area contributed by atoms with Crippen LogP contribution in [0.2, 0.25) is 5.02 Å². The topological polar surface area (TPSA) is 37.0 Å². The molecule has 2 heterocycles. The van der Waals surface area contributed by atoms with Crippen LogP contribution in [0.5, 0.6) is 5.75 Å². The number of rotatable bonds is 2. The normalized spacial score (nSPS) is 17.2. The molecule has 0 spiro atoms. The van der Waals surface area contributed by atoms with Crippen LogP contribution in [-0.2, 0) is 0 Å². The van der Waals surface area contributed by atoms with Crippen LogP contribution in [0.25, 0.3) is 10.9 Å². The Morgan fingerprint density at radius 2 is 2.06 bits per heavy atom. The summed E-state index contributed by atoms with van der Waals surface area (Å²) in [6.07, 6.45) is 4.51. The van der Waals surface area contributed by atoms with E-state index in [-0.39, 0.29) is 0 Å². The van der Waals surface area contributed by atoms with Gasteiger partial charge in [-0.2, -0.15) is 0 Å². The third-order valence-electron chi connectivity index (χ3n) is 3.77. The van der Waals surface area contributed by atoms with Gasteiger partial charge in [0.1, 0.15) is 5.75 Å². The van der Waals surface area contributed by atoms with E-state index in [0.29, 0.717) is 10.9 Å². The van der Waals surface area contributed by atoms with E-state index in [4.69, 9.17) is 16.3 Å². The second kappa shape index (κ2) is 4.82. The molecule has 1 saturated heterocycles. The molecule has 0 saturated carbocycles. The van der Waals surface area contributed by atoms with E-state index in [9.17, 15) is 0 Å². The maximum atomic E-state index is 6.14. The first-order valence-electron chi connectivity index (χ1n) is 6.35. The van der Waals surface area contributed by atoms with Crippen molar-refractivity contribution < 1.29 is 4.74 Å². The minimum Gasteiger partial charge on any atom is -0.495 e. The number of H-pyrrole nitrogens is 1. The van der Waals surface area contributed by atoms with Gasteiger partial charge in [0.25, 0.3) is 0 Å². The van der Waals surface area contributed by atoms with Crippen LogP contribution in [-0.4, -0.2) is 25.2 Å². The van der Waals surface area contributed by atoms with Crippen LogP contribution >= 0.6 is 11.6 Å². The molecule has 4 heteroatoms. The summed E-state index contributed by atoms with van der Waals surface area (Å²) in [5.74, 6) is 1.38. The fourth-order valence-electron chi connectivity index (χ4n) is 2.77. The van der Waals surface area contributed by atoms with Gasteiger partial charge in [0, 0.05) is 17.1 Å². The number of nitrogens with one attached hydrogen (secondary N) is 2. The van der Waals surface area contributed by atoms with Gasteiger partial charge in [0.15, 0.2) is 0 Å². The molecule has 0 aliphatic carbocycles. The molecule has 2 N–H and O–H groups in total. The Morgan fingerprint density at radius 3 is 2.78 bits per heavy atom. The summed E-state index contributed by atoms with van der Waals surface area (Å²) < 4.78 is 5.31. The molecule has 0 radical (unpaired) electrons. The highest BCUT2D eigenvalue weighted by Crippen LogP contribution is 2.36. The smallest absolute Gasteiger partial charge is 0.138 e. The van der Waals surface area contributed by atoms with E-state index in [1.807, 2.05) is 12.1 Å². The Hall–Kier alpha value is -1.19. The molecule has 1 aliphatic heterocycles. The molecule has 1 fully saturated rings. The van der Waals surface area contributed by atoms with Gasteiger partial charge >= 0.3 is 0 Å². The van der Waals surface area contributed by atoms with E-state index in [2.05, 4.69) is 16.5 Å². The van der Waals surface area contributed by atoms with Gasteiger partial charge in [0.05, 0.1) is 12.1 Å². The number of hydrogen-bond donors (Lipinski definition) is 2. The average molecular weight is 265 g/mol. The fourth-order valence-corrected chi connectivity index (χ4v) is 3.01. The van der Waals surface area contributed by atoms with Crippen molar-refractivity contribution in [3.63, 3.8) is 0 Å². The molecular formula is C14H17ClN2O. The van der Waals surface area contributed by atoms with Crippen molar-refractivity contribution in [3.05, 3.63) is 28.9 Å². The first kappa shape index (κ1) is 11.9. The lowest BCUT2D eigenvalue weighted by atomic mass is 9.90. The zero-order valence-electron chi connectivity index (χ0n) is 10.4. The van der Waals surface area contributed by atoms with Gasteiger partial charge in [-0.05, 0) is 49.5 Å². The van der Waals surface area contributed by atoms with E-state index >= 15 is 0 Å². The van der Waals surface area contributed by atoms with Crippen LogP contribution in [0.3, 0.4) is 0 Å². The number of ether oxygens (including phenoxy) is 1. The maximum Gasteiger partial charge on any atom is 0.138 e. The quantitative estimate of drug-likeness (QED) is 0.873. The third-order valence-corrected chi connectivity index (χ3v) is 4.06. The Bertz CT molecular complexity index is 558. The van der Waals surface area contributed by atoms with Crippen molar-refractivity contribution in [1.29, 1.82) is 0 Å². The summed E-state index contributed by atoms with van der Waals surface area (Å²) in [5, 5.41) is 5.30. The lowest BCUT2D eigenvalue weighted by Gasteiger charge is -2.22. The van der Waals surface area contributed by atoms with E-state index in [1.165, 1.54) is 23.8 Å². The zero-order valence-corrected chi connectivity index (χ0v) is 11.2. The van der Waals surface area contributed by atoms with Crippen molar-refractivity contribution in [2.24, 2.45) is 0 Å². The number of fused-ring (bicyclic) bond motifs is 1. The second-order valence-electron chi connectivity index (χ2n) is 4.80. The van der Waals surface area contributed by atoms with Crippen molar-refractivity contribution in [2.75, 3.05) is 20.2 Å². The predicted octanol–water partition coefficient (Wildman–Crippen LogP) is 3.30. The Kier molecular flexibility index (Phi) is 3.18. The molecule has 1 aromatic carbocycles. The van der Waals surface area contributed by atoms with Crippen molar-refractivity contribution in [2.45, 2.75) is 18.8 Å². The molecule has 3 nitrogen and oxygen atoms in total. The Morgan fingerprint density at radius 1 is 1.28 bits per heavy atom. The standard InChI is InChI=1S/C14H17ClN2O/c1-18-14-6-10-11(9-2-4-16-5-3-9)8-17-13(10)7-12(14)15/h6-9,16-17H,2-5H2,1H3. The molecule has 18 heavy (non-hydrogen) atoms. The van der Waals surface area contributed by atoms with Gasteiger partial charge in [-0.3, -0.25) is 0 Å². The number of halogens is 1. The van der Waals surface area contributed by atoms with Crippen molar-refractivity contribution >= 4 is 22.5 Å². The summed E-state index contributed by atoms with van der Waals surface area (Å²) >= 11 is 6.14. The molecule has 3 rings (SSSR count). The average Bonchev–Trinajstić information content (AvgIpc) is 2.81. The number of methoxy groups -OCH3 is 1. The molecule has 0 atom stereocenters. The molecule has 0 bridgehead atoms. The van der Waals surface area contributed by atoms with Crippen LogP contribution < -0.4 is 10.1 Å². The molecule has 0 unspecified atom stereocenters. The van der Waals surface area contributed by atoms with E-state index in [1.54, 1.807) is 7.11 Å². The highest BCUT2D eigenvalue weighted by atomic mass is 35.5. The van der Waals surface area contributed by atoms with Gasteiger partial charge < -0.3 is 15.0 Å². The lowest BCUT2D eigenvalue weighted by molar-refractivity contribution is 0.415. The molecule has 96 valence electrons. The molecule has 2 aromatic rings. The van der Waals surface area contributed by atoms with Crippen LogP contribution in [0.4, 0.5) is 0 Å². The summed E-state index contributed by atoms with van der Waals surface area (Å²) in [4.78, 5) is 3.32. The van der Waals surface area contributed by atoms with Gasteiger partial charge in [-0.1, -0.05) is 11.6 Å². The van der Waals surface area contributed by atoms with Crippen molar-refractivity contribution in [3.8, 4) is 5.75 Å². The minimum absolute atomic E-state index is 0.630. The maximum absolute atomic E-state index is 6.14. The molecule has 0 amide bonds. The number of hydrogen-bond acceptors (Lipinski definition) is 2. The Labute approximate surface area is 111 Å². The van der Waals surface area contributed by atoms with Gasteiger partial charge in [0.2, 0.25) is 0 Å². The van der Waals surface area contributed by atoms with Crippen LogP contribution in [0, 0.1) is 0 Å². The summed E-state index contributed by atoms with van der Waals surface area (Å²) in [5.41, 5.74) is 2.48. The largest absolute Gasteiger partial charge is 0.495 e. The zero-order chi connectivity index (χ0) is 12.5. The first-order valence-corrected chi connectivity index (χ1v) is 6.72. The lowest BCUT2D eigenvalue weighted by Crippen LogP contribution is -2.26. The van der Waals surface area contributed by atoms with E-state index in [0.717, 1.165) is 24.4 Å². The van der Waals surface area contributed by atoms with Crippen LogP contribution in [0.1, 0.15) is 24.3 Å². The SMILES string of the molecule is COc1cc2c(C3CCNCC3)c[nH]c2cc1Cl. The summed E-state index contributed by atoms with van der Waals surface area (Å²) in [6.45, 7) is 2.20. The first-order chi connectivity index (χ1) is 8.79. The Balaban J connectivity index is 2.06. The number of benzene rings is 1. The van der Waals surface area contributed by atoms with Crippen molar-refractivity contribution in [1.82, 2.24) is 10.3 Å².